The number of ketones is 1. The zero-order valence-corrected chi connectivity index (χ0v) is 8.95. The lowest BCUT2D eigenvalue weighted by atomic mass is 9.90. The second-order valence-corrected chi connectivity index (χ2v) is 3.90. The van der Waals surface area contributed by atoms with E-state index in [9.17, 15) is 9.59 Å². The van der Waals surface area contributed by atoms with Crippen molar-refractivity contribution in [2.24, 2.45) is 5.73 Å². The highest BCUT2D eigenvalue weighted by Crippen LogP contribution is 2.24. The molecule has 4 nitrogen and oxygen atoms in total. The number of carbonyl (C=O) groups excluding carboxylic acids is 2. The number of benzene rings is 1. The number of fused-ring (bicyclic) bond motifs is 1. The zero-order chi connectivity index (χ0) is 11.5. The topological polar surface area (TPSA) is 72.2 Å². The predicted molar refractivity (Wildman–Crippen MR) is 61.4 cm³/mol. The average Bonchev–Trinajstić information content (AvgIpc) is 2.30. The van der Waals surface area contributed by atoms with Crippen molar-refractivity contribution in [3.05, 3.63) is 29.3 Å². The molecule has 1 aromatic rings. The summed E-state index contributed by atoms with van der Waals surface area (Å²) < 4.78 is 0. The number of rotatable bonds is 2. The van der Waals surface area contributed by atoms with Gasteiger partial charge in [0.25, 0.3) is 0 Å². The minimum atomic E-state index is -0.247. The molecule has 1 aliphatic rings. The number of carbonyl (C=O) groups is 2. The highest BCUT2D eigenvalue weighted by Gasteiger charge is 2.17. The summed E-state index contributed by atoms with van der Waals surface area (Å²) in [6.45, 7) is -0.0506. The molecule has 0 bridgehead atoms. The van der Waals surface area contributed by atoms with E-state index in [2.05, 4.69) is 5.32 Å². The third kappa shape index (κ3) is 2.12. The molecule has 3 N–H and O–H groups in total. The summed E-state index contributed by atoms with van der Waals surface area (Å²) in [5.41, 5.74) is 7.66. The Hall–Kier alpha value is -1.68. The maximum atomic E-state index is 11.7. The monoisotopic (exact) mass is 218 g/mol. The van der Waals surface area contributed by atoms with Gasteiger partial charge in [-0.15, -0.1) is 0 Å². The summed E-state index contributed by atoms with van der Waals surface area (Å²) in [7, 11) is 0. The van der Waals surface area contributed by atoms with E-state index in [1.54, 1.807) is 6.07 Å². The Bertz CT molecular complexity index is 441. The molecular formula is C12H14N2O2. The smallest absolute Gasteiger partial charge is 0.238 e. The lowest BCUT2D eigenvalue weighted by Gasteiger charge is -2.15. The average molecular weight is 218 g/mol. The van der Waals surface area contributed by atoms with Gasteiger partial charge in [0.05, 0.1) is 6.54 Å². The van der Waals surface area contributed by atoms with Gasteiger partial charge in [-0.05, 0) is 30.5 Å². The quantitative estimate of drug-likeness (QED) is 0.780. The maximum absolute atomic E-state index is 11.7. The van der Waals surface area contributed by atoms with Crippen LogP contribution in [-0.4, -0.2) is 18.2 Å². The first-order valence-electron chi connectivity index (χ1n) is 5.37. The molecule has 4 heteroatoms. The van der Waals surface area contributed by atoms with Crippen LogP contribution in [-0.2, 0) is 11.2 Å². The molecule has 1 aromatic carbocycles. The SMILES string of the molecule is NCC(=O)Nc1ccc2c(c1)C(=O)CCC2. The number of hydrogen-bond acceptors (Lipinski definition) is 3. The van der Waals surface area contributed by atoms with Crippen LogP contribution in [0.1, 0.15) is 28.8 Å². The molecule has 1 amide bonds. The first-order valence-corrected chi connectivity index (χ1v) is 5.37. The fourth-order valence-electron chi connectivity index (χ4n) is 1.92. The van der Waals surface area contributed by atoms with E-state index in [0.29, 0.717) is 12.1 Å². The molecule has 1 aliphatic carbocycles. The van der Waals surface area contributed by atoms with E-state index in [1.165, 1.54) is 0 Å². The molecule has 0 fully saturated rings. The number of anilines is 1. The second-order valence-electron chi connectivity index (χ2n) is 3.90. The van der Waals surface area contributed by atoms with Crippen LogP contribution in [0.4, 0.5) is 5.69 Å². The minimum Gasteiger partial charge on any atom is -0.325 e. The molecule has 0 saturated carbocycles. The van der Waals surface area contributed by atoms with Crippen molar-refractivity contribution in [2.75, 3.05) is 11.9 Å². The predicted octanol–water partition coefficient (Wildman–Crippen LogP) is 1.10. The first kappa shape index (κ1) is 10.8. The van der Waals surface area contributed by atoms with Crippen molar-refractivity contribution in [2.45, 2.75) is 19.3 Å². The molecule has 0 atom stereocenters. The summed E-state index contributed by atoms with van der Waals surface area (Å²) in [5.74, 6) is -0.0895. The van der Waals surface area contributed by atoms with E-state index >= 15 is 0 Å². The Morgan fingerprint density at radius 1 is 1.38 bits per heavy atom. The number of amides is 1. The largest absolute Gasteiger partial charge is 0.325 e. The van der Waals surface area contributed by atoms with Crippen LogP contribution >= 0.6 is 0 Å². The normalized spacial score (nSPS) is 14.4. The van der Waals surface area contributed by atoms with Crippen molar-refractivity contribution in [1.29, 1.82) is 0 Å². The molecule has 0 heterocycles. The van der Waals surface area contributed by atoms with Crippen molar-refractivity contribution in [3.63, 3.8) is 0 Å². The first-order chi connectivity index (χ1) is 7.70. The van der Waals surface area contributed by atoms with E-state index in [1.807, 2.05) is 12.1 Å². The van der Waals surface area contributed by atoms with Gasteiger partial charge < -0.3 is 11.1 Å². The Morgan fingerprint density at radius 2 is 2.19 bits per heavy atom. The molecule has 16 heavy (non-hydrogen) atoms. The lowest BCUT2D eigenvalue weighted by molar-refractivity contribution is -0.114. The van der Waals surface area contributed by atoms with Crippen LogP contribution < -0.4 is 11.1 Å². The number of nitrogens with two attached hydrogens (primary N) is 1. The van der Waals surface area contributed by atoms with Gasteiger partial charge in [0.1, 0.15) is 0 Å². The van der Waals surface area contributed by atoms with Crippen molar-refractivity contribution >= 4 is 17.4 Å². The van der Waals surface area contributed by atoms with E-state index in [4.69, 9.17) is 5.73 Å². The number of Topliss-reactive ketones (excluding diaryl/α,β-unsaturated/α-hetero) is 1. The van der Waals surface area contributed by atoms with Crippen molar-refractivity contribution < 1.29 is 9.59 Å². The number of hydrogen-bond donors (Lipinski definition) is 2. The van der Waals surface area contributed by atoms with Gasteiger partial charge in [0, 0.05) is 17.7 Å². The fraction of sp³-hybridized carbons (Fsp3) is 0.333. The molecular weight excluding hydrogens is 204 g/mol. The van der Waals surface area contributed by atoms with Crippen LogP contribution in [0.15, 0.2) is 18.2 Å². The maximum Gasteiger partial charge on any atom is 0.238 e. The van der Waals surface area contributed by atoms with Gasteiger partial charge in [-0.2, -0.15) is 0 Å². The van der Waals surface area contributed by atoms with Crippen LogP contribution in [0.25, 0.3) is 0 Å². The summed E-state index contributed by atoms with van der Waals surface area (Å²) in [4.78, 5) is 22.8. The van der Waals surface area contributed by atoms with Crippen LogP contribution in [0.2, 0.25) is 0 Å². The van der Waals surface area contributed by atoms with E-state index in [-0.39, 0.29) is 18.2 Å². The molecule has 0 aliphatic heterocycles. The third-order valence-electron chi connectivity index (χ3n) is 2.73. The second kappa shape index (κ2) is 4.45. The fourth-order valence-corrected chi connectivity index (χ4v) is 1.92. The van der Waals surface area contributed by atoms with E-state index in [0.717, 1.165) is 24.0 Å². The van der Waals surface area contributed by atoms with Gasteiger partial charge in [-0.1, -0.05) is 6.07 Å². The summed E-state index contributed by atoms with van der Waals surface area (Å²) in [6, 6.07) is 5.45. The third-order valence-corrected chi connectivity index (χ3v) is 2.73. The Morgan fingerprint density at radius 3 is 2.94 bits per heavy atom. The molecule has 0 radical (unpaired) electrons. The molecule has 0 saturated heterocycles. The van der Waals surface area contributed by atoms with Gasteiger partial charge >= 0.3 is 0 Å². The van der Waals surface area contributed by atoms with Crippen LogP contribution in [0.5, 0.6) is 0 Å². The molecule has 0 aromatic heterocycles. The zero-order valence-electron chi connectivity index (χ0n) is 8.95. The molecule has 0 spiro atoms. The molecule has 0 unspecified atom stereocenters. The Balaban J connectivity index is 2.27. The van der Waals surface area contributed by atoms with E-state index < -0.39 is 0 Å². The van der Waals surface area contributed by atoms with Crippen LogP contribution in [0, 0.1) is 0 Å². The minimum absolute atomic E-state index is 0.0506. The Labute approximate surface area is 93.8 Å². The standard InChI is InChI=1S/C12H14N2O2/c13-7-12(16)14-9-5-4-8-2-1-3-11(15)10(8)6-9/h4-6H,1-3,7,13H2,(H,14,16). The number of nitrogens with one attached hydrogen (secondary N) is 1. The van der Waals surface area contributed by atoms with Gasteiger partial charge in [-0.3, -0.25) is 9.59 Å². The Kier molecular flexibility index (Phi) is 3.01. The summed E-state index contributed by atoms with van der Waals surface area (Å²) >= 11 is 0. The highest BCUT2D eigenvalue weighted by molar-refractivity contribution is 6.00. The molecule has 2 rings (SSSR count). The lowest BCUT2D eigenvalue weighted by Crippen LogP contribution is -2.22. The van der Waals surface area contributed by atoms with Gasteiger partial charge in [0.2, 0.25) is 5.91 Å². The van der Waals surface area contributed by atoms with Crippen LogP contribution in [0.3, 0.4) is 0 Å². The molecule has 84 valence electrons. The van der Waals surface area contributed by atoms with Crippen molar-refractivity contribution in [1.82, 2.24) is 0 Å². The summed E-state index contributed by atoms with van der Waals surface area (Å²) in [5, 5.41) is 2.65. The van der Waals surface area contributed by atoms with Crippen molar-refractivity contribution in [3.8, 4) is 0 Å². The van der Waals surface area contributed by atoms with Gasteiger partial charge in [0.15, 0.2) is 5.78 Å². The summed E-state index contributed by atoms with van der Waals surface area (Å²) in [6.07, 6.45) is 2.45. The number of aryl methyl sites for hydroxylation is 1. The van der Waals surface area contributed by atoms with Gasteiger partial charge in [-0.25, -0.2) is 0 Å². The highest BCUT2D eigenvalue weighted by atomic mass is 16.1.